The van der Waals surface area contributed by atoms with Crippen molar-refractivity contribution >= 4 is 17.9 Å². The molecule has 0 spiro atoms. The Morgan fingerprint density at radius 3 is 2.76 bits per heavy atom. The second-order valence-corrected chi connectivity index (χ2v) is 4.03. The number of carbonyl (C=O) groups excluding carboxylic acids is 2. The van der Waals surface area contributed by atoms with Gasteiger partial charge in [-0.1, -0.05) is 6.07 Å². The summed E-state index contributed by atoms with van der Waals surface area (Å²) < 4.78 is 13.4. The van der Waals surface area contributed by atoms with Gasteiger partial charge in [-0.3, -0.25) is 9.59 Å². The summed E-state index contributed by atoms with van der Waals surface area (Å²) in [6, 6.07) is 4.44. The quantitative estimate of drug-likeness (QED) is 0.717. The molecule has 0 atom stereocenters. The highest BCUT2D eigenvalue weighted by Gasteiger charge is 2.23. The fourth-order valence-corrected chi connectivity index (χ4v) is 1.88. The van der Waals surface area contributed by atoms with E-state index in [-0.39, 0.29) is 18.0 Å². The van der Waals surface area contributed by atoms with Crippen LogP contribution in [0.2, 0.25) is 0 Å². The highest BCUT2D eigenvalue weighted by atomic mass is 19.1. The minimum Gasteiger partial charge on any atom is -0.360 e. The van der Waals surface area contributed by atoms with Crippen molar-refractivity contribution in [1.82, 2.24) is 4.90 Å². The maximum Gasteiger partial charge on any atom is 0.241 e. The zero-order chi connectivity index (χ0) is 12.4. The maximum atomic E-state index is 13.4. The Morgan fingerprint density at radius 2 is 2.12 bits per heavy atom. The van der Waals surface area contributed by atoms with Crippen molar-refractivity contribution in [3.63, 3.8) is 0 Å². The van der Waals surface area contributed by atoms with Crippen molar-refractivity contribution in [2.24, 2.45) is 0 Å². The second-order valence-electron chi connectivity index (χ2n) is 4.03. The van der Waals surface area contributed by atoms with E-state index in [2.05, 4.69) is 0 Å². The van der Waals surface area contributed by atoms with Crippen molar-refractivity contribution in [1.29, 1.82) is 0 Å². The number of amides is 1. The van der Waals surface area contributed by atoms with Crippen LogP contribution < -0.4 is 4.90 Å². The Bertz CT molecular complexity index is 462. The van der Waals surface area contributed by atoms with Gasteiger partial charge in [0.25, 0.3) is 0 Å². The highest BCUT2D eigenvalue weighted by Crippen LogP contribution is 2.22. The first-order valence-corrected chi connectivity index (χ1v) is 5.36. The molecule has 0 saturated carbocycles. The first-order chi connectivity index (χ1) is 8.13. The Balaban J connectivity index is 2.32. The molecule has 1 aliphatic rings. The van der Waals surface area contributed by atoms with Crippen LogP contribution in [0.4, 0.5) is 10.1 Å². The molecule has 1 saturated heterocycles. The van der Waals surface area contributed by atoms with Crippen LogP contribution in [0.3, 0.4) is 0 Å². The van der Waals surface area contributed by atoms with Gasteiger partial charge in [-0.25, -0.2) is 4.39 Å². The summed E-state index contributed by atoms with van der Waals surface area (Å²) in [6.45, 7) is 1.36. The third kappa shape index (κ3) is 2.13. The van der Waals surface area contributed by atoms with Gasteiger partial charge >= 0.3 is 0 Å². The van der Waals surface area contributed by atoms with E-state index >= 15 is 0 Å². The summed E-state index contributed by atoms with van der Waals surface area (Å²) in [5, 5.41) is 0. The zero-order valence-corrected chi connectivity index (χ0v) is 9.52. The van der Waals surface area contributed by atoms with Crippen molar-refractivity contribution in [2.75, 3.05) is 31.6 Å². The SMILES string of the molecule is CN1CCN(c2cccc(F)c2C=O)CC1=O. The van der Waals surface area contributed by atoms with Crippen LogP contribution in [0, 0.1) is 5.82 Å². The summed E-state index contributed by atoms with van der Waals surface area (Å²) in [5.41, 5.74) is 0.506. The average molecular weight is 236 g/mol. The summed E-state index contributed by atoms with van der Waals surface area (Å²) in [7, 11) is 1.73. The van der Waals surface area contributed by atoms with E-state index < -0.39 is 5.82 Å². The molecule has 5 heteroatoms. The molecule has 90 valence electrons. The summed E-state index contributed by atoms with van der Waals surface area (Å²) in [5.74, 6) is -0.582. The molecule has 1 fully saturated rings. The molecular weight excluding hydrogens is 223 g/mol. The summed E-state index contributed by atoms with van der Waals surface area (Å²) >= 11 is 0. The number of nitrogens with zero attached hydrogens (tertiary/aromatic N) is 2. The van der Waals surface area contributed by atoms with Gasteiger partial charge in [-0.05, 0) is 12.1 Å². The van der Waals surface area contributed by atoms with Gasteiger partial charge < -0.3 is 9.80 Å². The molecule has 4 nitrogen and oxygen atoms in total. The lowest BCUT2D eigenvalue weighted by Crippen LogP contribution is -2.48. The number of halogens is 1. The molecule has 0 radical (unpaired) electrons. The van der Waals surface area contributed by atoms with E-state index in [4.69, 9.17) is 0 Å². The van der Waals surface area contributed by atoms with E-state index in [1.807, 2.05) is 0 Å². The zero-order valence-electron chi connectivity index (χ0n) is 9.52. The fraction of sp³-hybridized carbons (Fsp3) is 0.333. The molecule has 1 amide bonds. The molecule has 0 unspecified atom stereocenters. The van der Waals surface area contributed by atoms with Crippen LogP contribution in [0.5, 0.6) is 0 Å². The van der Waals surface area contributed by atoms with Crippen molar-refractivity contribution in [3.05, 3.63) is 29.6 Å². The number of benzene rings is 1. The number of hydrogen-bond acceptors (Lipinski definition) is 3. The van der Waals surface area contributed by atoms with Crippen molar-refractivity contribution < 1.29 is 14.0 Å². The minimum atomic E-state index is -0.552. The molecule has 1 aromatic carbocycles. The van der Waals surface area contributed by atoms with E-state index in [1.54, 1.807) is 29.0 Å². The number of anilines is 1. The van der Waals surface area contributed by atoms with Gasteiger partial charge in [-0.15, -0.1) is 0 Å². The van der Waals surface area contributed by atoms with Crippen LogP contribution in [-0.4, -0.2) is 43.8 Å². The lowest BCUT2D eigenvalue weighted by atomic mass is 10.1. The van der Waals surface area contributed by atoms with Crippen molar-refractivity contribution in [3.8, 4) is 0 Å². The predicted octanol–water partition coefficient (Wildman–Crippen LogP) is 0.917. The molecule has 1 heterocycles. The smallest absolute Gasteiger partial charge is 0.241 e. The number of likely N-dealkylation sites (N-methyl/N-ethyl adjacent to an activating group) is 1. The van der Waals surface area contributed by atoms with Gasteiger partial charge in [0.2, 0.25) is 5.91 Å². The third-order valence-electron chi connectivity index (χ3n) is 2.95. The molecular formula is C12H13FN2O2. The molecule has 0 bridgehead atoms. The van der Waals surface area contributed by atoms with Gasteiger partial charge in [0.15, 0.2) is 6.29 Å². The second kappa shape index (κ2) is 4.53. The molecule has 0 aliphatic carbocycles. The lowest BCUT2D eigenvalue weighted by Gasteiger charge is -2.34. The molecule has 2 rings (SSSR count). The predicted molar refractivity (Wildman–Crippen MR) is 61.6 cm³/mol. The Morgan fingerprint density at radius 1 is 1.35 bits per heavy atom. The monoisotopic (exact) mass is 236 g/mol. The third-order valence-corrected chi connectivity index (χ3v) is 2.95. The van der Waals surface area contributed by atoms with Crippen LogP contribution in [0.1, 0.15) is 10.4 Å². The Hall–Kier alpha value is -1.91. The standard InChI is InChI=1S/C12H13FN2O2/c1-14-5-6-15(7-12(14)17)11-4-2-3-10(13)9(11)8-16/h2-4,8H,5-7H2,1H3. The maximum absolute atomic E-state index is 13.4. The number of rotatable bonds is 2. The first kappa shape index (κ1) is 11.6. The van der Waals surface area contributed by atoms with Gasteiger partial charge in [-0.2, -0.15) is 0 Å². The van der Waals surface area contributed by atoms with Crippen LogP contribution in [-0.2, 0) is 4.79 Å². The largest absolute Gasteiger partial charge is 0.360 e. The van der Waals surface area contributed by atoms with Crippen LogP contribution in [0.25, 0.3) is 0 Å². The Labute approximate surface area is 98.6 Å². The van der Waals surface area contributed by atoms with E-state index in [1.165, 1.54) is 6.07 Å². The number of aldehydes is 1. The first-order valence-electron chi connectivity index (χ1n) is 5.36. The summed E-state index contributed by atoms with van der Waals surface area (Å²) in [4.78, 5) is 25.8. The Kier molecular flexibility index (Phi) is 3.08. The van der Waals surface area contributed by atoms with E-state index in [9.17, 15) is 14.0 Å². The van der Waals surface area contributed by atoms with Gasteiger partial charge in [0, 0.05) is 20.1 Å². The van der Waals surface area contributed by atoms with Gasteiger partial charge in [0.1, 0.15) is 5.82 Å². The number of piperazine rings is 1. The highest BCUT2D eigenvalue weighted by molar-refractivity contribution is 5.88. The molecule has 0 aromatic heterocycles. The molecule has 1 aliphatic heterocycles. The van der Waals surface area contributed by atoms with E-state index in [0.717, 1.165) is 0 Å². The van der Waals surface area contributed by atoms with E-state index in [0.29, 0.717) is 25.1 Å². The summed E-state index contributed by atoms with van der Waals surface area (Å²) in [6.07, 6.45) is 0.494. The molecule has 1 aromatic rings. The minimum absolute atomic E-state index is 0.0184. The van der Waals surface area contributed by atoms with Crippen molar-refractivity contribution in [2.45, 2.75) is 0 Å². The number of hydrogen-bond donors (Lipinski definition) is 0. The fourth-order valence-electron chi connectivity index (χ4n) is 1.88. The van der Waals surface area contributed by atoms with Crippen LogP contribution >= 0.6 is 0 Å². The van der Waals surface area contributed by atoms with Crippen LogP contribution in [0.15, 0.2) is 18.2 Å². The molecule has 17 heavy (non-hydrogen) atoms. The number of carbonyl (C=O) groups is 2. The topological polar surface area (TPSA) is 40.6 Å². The average Bonchev–Trinajstić information content (AvgIpc) is 2.32. The normalized spacial score (nSPS) is 16.2. The molecule has 0 N–H and O–H groups in total. The van der Waals surface area contributed by atoms with Gasteiger partial charge in [0.05, 0.1) is 17.8 Å². The lowest BCUT2D eigenvalue weighted by molar-refractivity contribution is -0.129.